The van der Waals surface area contributed by atoms with Crippen LogP contribution in [0.4, 0.5) is 8.78 Å². The molecule has 3 aromatic rings. The quantitative estimate of drug-likeness (QED) is 0.451. The molecule has 0 radical (unpaired) electrons. The monoisotopic (exact) mass is 442 g/mol. The molecule has 0 spiro atoms. The van der Waals surface area contributed by atoms with Gasteiger partial charge in [0.15, 0.2) is 5.82 Å². The minimum atomic E-state index is -1.00. The Kier molecular flexibility index (Phi) is 8.08. The van der Waals surface area contributed by atoms with Crippen molar-refractivity contribution in [2.24, 2.45) is 7.05 Å². The second kappa shape index (κ2) is 11.0. The van der Waals surface area contributed by atoms with Crippen molar-refractivity contribution in [2.45, 2.75) is 38.5 Å². The third kappa shape index (κ3) is 6.45. The third-order valence-electron chi connectivity index (χ3n) is 5.27. The van der Waals surface area contributed by atoms with Crippen LogP contribution >= 0.6 is 0 Å². The standard InChI is InChI=1S/C24H28F2N4O2/c1-3-16-5-4-6-17(9-16)14-27-15-22(31)21(12-18-10-19(25)13-20(26)11-18)29-24(32)23-28-7-8-30(23)2/h4-11,13,21-22,27,31H,3,12,14-15H2,1-2H3,(H,29,32)/t21-,22+/m0/s1. The zero-order valence-corrected chi connectivity index (χ0v) is 18.2. The average molecular weight is 443 g/mol. The number of amides is 1. The normalized spacial score (nSPS) is 13.0. The van der Waals surface area contributed by atoms with Crippen molar-refractivity contribution in [3.05, 3.63) is 89.0 Å². The minimum absolute atomic E-state index is 0.0546. The van der Waals surface area contributed by atoms with Gasteiger partial charge >= 0.3 is 0 Å². The summed E-state index contributed by atoms with van der Waals surface area (Å²) in [7, 11) is 1.68. The lowest BCUT2D eigenvalue weighted by Gasteiger charge is -2.25. The first-order valence-electron chi connectivity index (χ1n) is 10.6. The van der Waals surface area contributed by atoms with Gasteiger partial charge in [0.1, 0.15) is 11.6 Å². The predicted molar refractivity (Wildman–Crippen MR) is 118 cm³/mol. The molecule has 2 aromatic carbocycles. The van der Waals surface area contributed by atoms with Crippen LogP contribution in [-0.4, -0.2) is 39.3 Å². The molecule has 1 amide bonds. The fourth-order valence-corrected chi connectivity index (χ4v) is 3.55. The van der Waals surface area contributed by atoms with Crippen LogP contribution in [-0.2, 0) is 26.4 Å². The molecular weight excluding hydrogens is 414 g/mol. The van der Waals surface area contributed by atoms with Gasteiger partial charge in [0, 0.05) is 38.6 Å². The first-order valence-corrected chi connectivity index (χ1v) is 10.6. The van der Waals surface area contributed by atoms with E-state index in [1.807, 2.05) is 12.1 Å². The maximum absolute atomic E-state index is 13.7. The lowest BCUT2D eigenvalue weighted by atomic mass is 10.0. The molecule has 0 aliphatic carbocycles. The SMILES string of the molecule is CCc1cccc(CNC[C@@H](O)[C@H](Cc2cc(F)cc(F)c2)NC(=O)c2nccn2C)c1. The maximum atomic E-state index is 13.7. The van der Waals surface area contributed by atoms with Gasteiger partial charge in [0.05, 0.1) is 12.1 Å². The lowest BCUT2D eigenvalue weighted by molar-refractivity contribution is 0.0817. The average Bonchev–Trinajstić information content (AvgIpc) is 3.18. The number of halogens is 2. The molecule has 1 heterocycles. The molecule has 0 saturated carbocycles. The number of hydrogen-bond donors (Lipinski definition) is 3. The van der Waals surface area contributed by atoms with Gasteiger partial charge in [-0.25, -0.2) is 13.8 Å². The van der Waals surface area contributed by atoms with Crippen molar-refractivity contribution in [3.8, 4) is 0 Å². The molecule has 0 bridgehead atoms. The highest BCUT2D eigenvalue weighted by atomic mass is 19.1. The number of aliphatic hydroxyl groups is 1. The molecule has 32 heavy (non-hydrogen) atoms. The van der Waals surface area contributed by atoms with Crippen molar-refractivity contribution >= 4 is 5.91 Å². The fraction of sp³-hybridized carbons (Fsp3) is 0.333. The van der Waals surface area contributed by atoms with E-state index >= 15 is 0 Å². The van der Waals surface area contributed by atoms with Crippen molar-refractivity contribution < 1.29 is 18.7 Å². The molecule has 0 fully saturated rings. The Bertz CT molecular complexity index is 1030. The number of aromatic nitrogens is 2. The fourth-order valence-electron chi connectivity index (χ4n) is 3.55. The number of rotatable bonds is 10. The topological polar surface area (TPSA) is 79.2 Å². The summed E-state index contributed by atoms with van der Waals surface area (Å²) in [6.45, 7) is 2.81. The summed E-state index contributed by atoms with van der Waals surface area (Å²) in [5.41, 5.74) is 2.64. The summed E-state index contributed by atoms with van der Waals surface area (Å²) >= 11 is 0. The van der Waals surface area contributed by atoms with Gasteiger partial charge in [-0.05, 0) is 41.7 Å². The Morgan fingerprint density at radius 1 is 1.12 bits per heavy atom. The van der Waals surface area contributed by atoms with Crippen LogP contribution in [0.2, 0.25) is 0 Å². The van der Waals surface area contributed by atoms with Gasteiger partial charge in [-0.15, -0.1) is 0 Å². The first kappa shape index (κ1) is 23.6. The summed E-state index contributed by atoms with van der Waals surface area (Å²) in [6.07, 6.45) is 3.11. The van der Waals surface area contributed by atoms with Gasteiger partial charge < -0.3 is 20.3 Å². The lowest BCUT2D eigenvalue weighted by Crippen LogP contribution is -2.49. The second-order valence-electron chi connectivity index (χ2n) is 7.80. The molecule has 0 unspecified atom stereocenters. The molecule has 8 heteroatoms. The highest BCUT2D eigenvalue weighted by Crippen LogP contribution is 2.13. The number of carbonyl (C=O) groups excluding carboxylic acids is 1. The summed E-state index contributed by atoms with van der Waals surface area (Å²) in [5.74, 6) is -1.72. The van der Waals surface area contributed by atoms with Crippen LogP contribution in [0.1, 0.15) is 34.2 Å². The molecule has 0 aliphatic rings. The number of carbonyl (C=O) groups is 1. The smallest absolute Gasteiger partial charge is 0.287 e. The summed E-state index contributed by atoms with van der Waals surface area (Å²) < 4.78 is 28.9. The van der Waals surface area contributed by atoms with Crippen molar-refractivity contribution in [3.63, 3.8) is 0 Å². The van der Waals surface area contributed by atoms with E-state index in [2.05, 4.69) is 34.7 Å². The summed E-state index contributed by atoms with van der Waals surface area (Å²) in [5, 5.41) is 16.8. The van der Waals surface area contributed by atoms with E-state index in [1.165, 1.54) is 23.9 Å². The van der Waals surface area contributed by atoms with Crippen molar-refractivity contribution in [2.75, 3.05) is 6.54 Å². The second-order valence-corrected chi connectivity index (χ2v) is 7.80. The van der Waals surface area contributed by atoms with Crippen LogP contribution in [0.3, 0.4) is 0 Å². The molecule has 6 nitrogen and oxygen atoms in total. The maximum Gasteiger partial charge on any atom is 0.287 e. The van der Waals surface area contributed by atoms with Gasteiger partial charge in [-0.2, -0.15) is 0 Å². The molecule has 2 atom stereocenters. The third-order valence-corrected chi connectivity index (χ3v) is 5.27. The van der Waals surface area contributed by atoms with E-state index in [0.29, 0.717) is 12.1 Å². The molecule has 3 N–H and O–H groups in total. The van der Waals surface area contributed by atoms with E-state index in [4.69, 9.17) is 0 Å². The zero-order valence-electron chi connectivity index (χ0n) is 18.2. The largest absolute Gasteiger partial charge is 0.390 e. The molecule has 170 valence electrons. The van der Waals surface area contributed by atoms with Crippen molar-refractivity contribution in [1.29, 1.82) is 0 Å². The molecule has 1 aromatic heterocycles. The Hall–Kier alpha value is -3.10. The molecule has 0 aliphatic heterocycles. The van der Waals surface area contributed by atoms with E-state index in [-0.39, 0.29) is 18.8 Å². The van der Waals surface area contributed by atoms with Gasteiger partial charge in [-0.3, -0.25) is 4.79 Å². The molecular formula is C24H28F2N4O2. The zero-order chi connectivity index (χ0) is 23.1. The predicted octanol–water partition coefficient (Wildman–Crippen LogP) is 2.75. The van der Waals surface area contributed by atoms with Crippen LogP contribution in [0.5, 0.6) is 0 Å². The Labute approximate surface area is 186 Å². The number of nitrogens with zero attached hydrogens (tertiary/aromatic N) is 2. The van der Waals surface area contributed by atoms with E-state index in [9.17, 15) is 18.7 Å². The van der Waals surface area contributed by atoms with E-state index in [0.717, 1.165) is 18.1 Å². The summed E-state index contributed by atoms with van der Waals surface area (Å²) in [4.78, 5) is 16.7. The van der Waals surface area contributed by atoms with Crippen LogP contribution in [0.15, 0.2) is 54.9 Å². The van der Waals surface area contributed by atoms with Crippen LogP contribution in [0.25, 0.3) is 0 Å². The van der Waals surface area contributed by atoms with Crippen LogP contribution in [0, 0.1) is 11.6 Å². The Morgan fingerprint density at radius 3 is 2.50 bits per heavy atom. The Balaban J connectivity index is 1.69. The minimum Gasteiger partial charge on any atom is -0.390 e. The number of benzene rings is 2. The Morgan fingerprint density at radius 2 is 1.84 bits per heavy atom. The van der Waals surface area contributed by atoms with E-state index < -0.39 is 29.7 Å². The molecule has 3 rings (SSSR count). The highest BCUT2D eigenvalue weighted by molar-refractivity contribution is 5.91. The van der Waals surface area contributed by atoms with E-state index in [1.54, 1.807) is 17.8 Å². The van der Waals surface area contributed by atoms with Gasteiger partial charge in [0.2, 0.25) is 0 Å². The number of aliphatic hydroxyl groups excluding tert-OH is 1. The molecule has 0 saturated heterocycles. The number of nitrogens with one attached hydrogen (secondary N) is 2. The summed E-state index contributed by atoms with van der Waals surface area (Å²) in [6, 6.07) is 10.5. The first-order chi connectivity index (χ1) is 15.4. The number of imidazole rings is 1. The van der Waals surface area contributed by atoms with Crippen LogP contribution < -0.4 is 10.6 Å². The van der Waals surface area contributed by atoms with Gasteiger partial charge in [0.25, 0.3) is 5.91 Å². The highest BCUT2D eigenvalue weighted by Gasteiger charge is 2.24. The van der Waals surface area contributed by atoms with Crippen molar-refractivity contribution in [1.82, 2.24) is 20.2 Å². The number of hydrogen-bond acceptors (Lipinski definition) is 4. The number of aryl methyl sites for hydroxylation is 2. The van der Waals surface area contributed by atoms with Gasteiger partial charge in [-0.1, -0.05) is 31.2 Å².